The largest absolute Gasteiger partial charge is 0.497 e. The monoisotopic (exact) mass is 442 g/mol. The summed E-state index contributed by atoms with van der Waals surface area (Å²) in [4.78, 5) is 9.44. The van der Waals surface area contributed by atoms with Gasteiger partial charge in [0.1, 0.15) is 23.1 Å². The fourth-order valence-corrected chi connectivity index (χ4v) is 3.46. The van der Waals surface area contributed by atoms with Crippen LogP contribution in [0.2, 0.25) is 0 Å². The molecule has 0 unspecified atom stereocenters. The quantitative estimate of drug-likeness (QED) is 0.354. The van der Waals surface area contributed by atoms with Gasteiger partial charge in [-0.3, -0.25) is 0 Å². The molecule has 9 heteroatoms. The Kier molecular flexibility index (Phi) is 5.50. The Morgan fingerprint density at radius 2 is 1.85 bits per heavy atom. The number of benzene rings is 2. The Hall–Kier alpha value is -4.53. The molecule has 0 aliphatic carbocycles. The lowest BCUT2D eigenvalue weighted by molar-refractivity contribution is 0.405. The van der Waals surface area contributed by atoms with Crippen molar-refractivity contribution in [3.8, 4) is 17.2 Å². The van der Waals surface area contributed by atoms with Crippen LogP contribution in [0.25, 0.3) is 16.7 Å². The highest BCUT2D eigenvalue weighted by atomic mass is 16.5. The van der Waals surface area contributed by atoms with E-state index in [0.29, 0.717) is 41.1 Å². The summed E-state index contributed by atoms with van der Waals surface area (Å²) in [7, 11) is 3.24. The molecule has 2 N–H and O–H groups in total. The van der Waals surface area contributed by atoms with Gasteiger partial charge in [-0.05, 0) is 36.4 Å². The minimum absolute atomic E-state index is 0.431. The highest BCUT2D eigenvalue weighted by Crippen LogP contribution is 2.34. The molecule has 0 aliphatic heterocycles. The molecule has 0 aliphatic rings. The molecule has 0 bridgehead atoms. The molecule has 0 radical (unpaired) electrons. The summed E-state index contributed by atoms with van der Waals surface area (Å²) in [6, 6.07) is 19.1. The summed E-state index contributed by atoms with van der Waals surface area (Å²) < 4.78 is 18.1. The standard InChI is InChI=1S/C24H22N6O3/c1-31-17-10-11-21(32-2)20(13-17)27-22-19-15-26-30(16-7-4-3-5-8-16)23(19)29-24(28-22)25-14-18-9-6-12-33-18/h3-13,15H,14H2,1-2H3,(H2,25,27,28,29). The Labute approximate surface area is 190 Å². The second-order valence-electron chi connectivity index (χ2n) is 7.15. The molecule has 3 aromatic heterocycles. The lowest BCUT2D eigenvalue weighted by Gasteiger charge is -2.14. The maximum absolute atomic E-state index is 5.52. The van der Waals surface area contributed by atoms with E-state index in [1.165, 1.54) is 0 Å². The molecule has 2 aromatic carbocycles. The number of methoxy groups -OCH3 is 2. The Morgan fingerprint density at radius 1 is 0.970 bits per heavy atom. The molecule has 0 amide bonds. The number of para-hydroxylation sites is 1. The van der Waals surface area contributed by atoms with Gasteiger partial charge in [-0.25, -0.2) is 4.68 Å². The van der Waals surface area contributed by atoms with E-state index in [4.69, 9.17) is 23.9 Å². The minimum atomic E-state index is 0.431. The molecule has 0 saturated heterocycles. The molecule has 33 heavy (non-hydrogen) atoms. The average Bonchev–Trinajstić information content (AvgIpc) is 3.53. The van der Waals surface area contributed by atoms with Crippen LogP contribution in [0.15, 0.2) is 77.5 Å². The number of nitrogens with one attached hydrogen (secondary N) is 2. The first-order valence-corrected chi connectivity index (χ1v) is 10.3. The Balaban J connectivity index is 1.60. The van der Waals surface area contributed by atoms with E-state index < -0.39 is 0 Å². The van der Waals surface area contributed by atoms with Crippen LogP contribution in [0, 0.1) is 0 Å². The van der Waals surface area contributed by atoms with Gasteiger partial charge in [0.25, 0.3) is 0 Å². The smallest absolute Gasteiger partial charge is 0.227 e. The predicted molar refractivity (Wildman–Crippen MR) is 126 cm³/mol. The maximum atomic E-state index is 5.52. The van der Waals surface area contributed by atoms with Crippen LogP contribution in [-0.2, 0) is 6.54 Å². The van der Waals surface area contributed by atoms with Gasteiger partial charge >= 0.3 is 0 Å². The van der Waals surface area contributed by atoms with Crippen molar-refractivity contribution in [2.24, 2.45) is 0 Å². The lowest BCUT2D eigenvalue weighted by atomic mass is 10.2. The first-order chi connectivity index (χ1) is 16.2. The minimum Gasteiger partial charge on any atom is -0.497 e. The molecular formula is C24H22N6O3. The van der Waals surface area contributed by atoms with Crippen molar-refractivity contribution >= 4 is 28.5 Å². The van der Waals surface area contributed by atoms with Crippen molar-refractivity contribution < 1.29 is 13.9 Å². The highest BCUT2D eigenvalue weighted by molar-refractivity contribution is 5.91. The molecule has 0 spiro atoms. The number of anilines is 3. The fraction of sp³-hybridized carbons (Fsp3) is 0.125. The lowest BCUT2D eigenvalue weighted by Crippen LogP contribution is -2.07. The summed E-state index contributed by atoms with van der Waals surface area (Å²) in [6.07, 6.45) is 3.38. The van der Waals surface area contributed by atoms with Crippen LogP contribution in [0.1, 0.15) is 5.76 Å². The fourth-order valence-electron chi connectivity index (χ4n) is 3.46. The first-order valence-electron chi connectivity index (χ1n) is 10.3. The second-order valence-corrected chi connectivity index (χ2v) is 7.15. The number of hydrogen-bond donors (Lipinski definition) is 2. The van der Waals surface area contributed by atoms with Gasteiger partial charge in [-0.2, -0.15) is 15.1 Å². The normalized spacial score (nSPS) is 10.8. The molecule has 3 heterocycles. The van der Waals surface area contributed by atoms with Gasteiger partial charge in [-0.1, -0.05) is 18.2 Å². The van der Waals surface area contributed by atoms with Gasteiger partial charge < -0.3 is 24.5 Å². The molecule has 0 atom stereocenters. The number of furan rings is 1. The molecule has 0 fully saturated rings. The Morgan fingerprint density at radius 3 is 2.61 bits per heavy atom. The van der Waals surface area contributed by atoms with Crippen LogP contribution < -0.4 is 20.1 Å². The summed E-state index contributed by atoms with van der Waals surface area (Å²) in [5.74, 6) is 3.14. The summed E-state index contributed by atoms with van der Waals surface area (Å²) in [6.45, 7) is 0.444. The van der Waals surface area contributed by atoms with Gasteiger partial charge in [0.05, 0.1) is 50.0 Å². The topological polar surface area (TPSA) is 99.3 Å². The Bertz CT molecular complexity index is 1370. The third-order valence-electron chi connectivity index (χ3n) is 5.09. The van der Waals surface area contributed by atoms with E-state index >= 15 is 0 Å². The number of nitrogens with zero attached hydrogens (tertiary/aromatic N) is 4. The first kappa shape index (κ1) is 20.4. The van der Waals surface area contributed by atoms with E-state index in [2.05, 4.69) is 15.7 Å². The van der Waals surface area contributed by atoms with Crippen molar-refractivity contribution in [2.45, 2.75) is 6.54 Å². The van der Waals surface area contributed by atoms with Crippen LogP contribution in [0.5, 0.6) is 11.5 Å². The van der Waals surface area contributed by atoms with Gasteiger partial charge in [0.2, 0.25) is 5.95 Å². The van der Waals surface area contributed by atoms with Gasteiger partial charge in [-0.15, -0.1) is 0 Å². The zero-order chi connectivity index (χ0) is 22.6. The number of rotatable bonds is 8. The second kappa shape index (κ2) is 8.91. The average molecular weight is 442 g/mol. The van der Waals surface area contributed by atoms with Crippen molar-refractivity contribution in [3.63, 3.8) is 0 Å². The molecule has 166 valence electrons. The summed E-state index contributed by atoms with van der Waals surface area (Å²) in [5.41, 5.74) is 2.26. The van der Waals surface area contributed by atoms with Crippen LogP contribution in [-0.4, -0.2) is 34.0 Å². The molecule has 9 nitrogen and oxygen atoms in total. The van der Waals surface area contributed by atoms with Crippen molar-refractivity contribution in [1.82, 2.24) is 19.7 Å². The van der Waals surface area contributed by atoms with Crippen LogP contribution in [0.4, 0.5) is 17.5 Å². The zero-order valence-electron chi connectivity index (χ0n) is 18.1. The van der Waals surface area contributed by atoms with Gasteiger partial charge in [0, 0.05) is 6.07 Å². The number of ether oxygens (including phenoxy) is 2. The number of fused-ring (bicyclic) bond motifs is 1. The predicted octanol–water partition coefficient (Wildman–Crippen LogP) is 4.78. The van der Waals surface area contributed by atoms with E-state index in [-0.39, 0.29) is 0 Å². The summed E-state index contributed by atoms with van der Waals surface area (Å²) in [5, 5.41) is 11.9. The number of aromatic nitrogens is 4. The van der Waals surface area contributed by atoms with Crippen molar-refractivity contribution in [3.05, 3.63) is 78.9 Å². The van der Waals surface area contributed by atoms with Crippen molar-refractivity contribution in [1.29, 1.82) is 0 Å². The van der Waals surface area contributed by atoms with E-state index in [0.717, 1.165) is 16.8 Å². The highest BCUT2D eigenvalue weighted by Gasteiger charge is 2.16. The number of hydrogen-bond acceptors (Lipinski definition) is 8. The molecule has 0 saturated carbocycles. The zero-order valence-corrected chi connectivity index (χ0v) is 18.1. The molecule has 5 aromatic rings. The van der Waals surface area contributed by atoms with Gasteiger partial charge in [0.15, 0.2) is 5.65 Å². The summed E-state index contributed by atoms with van der Waals surface area (Å²) >= 11 is 0. The SMILES string of the molecule is COc1ccc(OC)c(Nc2nc(NCc3ccco3)nc3c2cnn3-c2ccccc2)c1. The molecular weight excluding hydrogens is 420 g/mol. The third-order valence-corrected chi connectivity index (χ3v) is 5.09. The van der Waals surface area contributed by atoms with E-state index in [1.807, 2.05) is 60.7 Å². The van der Waals surface area contributed by atoms with E-state index in [9.17, 15) is 0 Å². The van der Waals surface area contributed by atoms with Crippen LogP contribution in [0.3, 0.4) is 0 Å². The molecule has 5 rings (SSSR count). The van der Waals surface area contributed by atoms with Crippen molar-refractivity contribution in [2.75, 3.05) is 24.9 Å². The maximum Gasteiger partial charge on any atom is 0.227 e. The third kappa shape index (κ3) is 4.16. The van der Waals surface area contributed by atoms with Crippen LogP contribution >= 0.6 is 0 Å². The van der Waals surface area contributed by atoms with E-state index in [1.54, 1.807) is 31.4 Å².